The summed E-state index contributed by atoms with van der Waals surface area (Å²) >= 11 is 0. The molecule has 0 fully saturated rings. The van der Waals surface area contributed by atoms with Gasteiger partial charge in [-0.25, -0.2) is 0 Å². The number of hydrogen-bond acceptors (Lipinski definition) is 4. The summed E-state index contributed by atoms with van der Waals surface area (Å²) in [5.74, 6) is -0.437. The number of benzene rings is 1. The summed E-state index contributed by atoms with van der Waals surface area (Å²) in [6, 6.07) is 6.81. The lowest BCUT2D eigenvalue weighted by Crippen LogP contribution is -2.41. The van der Waals surface area contributed by atoms with Crippen LogP contribution in [0.25, 0.3) is 0 Å². The first-order valence-corrected chi connectivity index (χ1v) is 8.25. The van der Waals surface area contributed by atoms with Crippen LogP contribution in [0, 0.1) is 5.92 Å². The Morgan fingerprint density at radius 1 is 1.33 bits per heavy atom. The van der Waals surface area contributed by atoms with E-state index in [9.17, 15) is 14.4 Å². The van der Waals surface area contributed by atoms with Crippen LogP contribution in [-0.2, 0) is 19.1 Å². The fourth-order valence-electron chi connectivity index (χ4n) is 2.66. The Hall–Kier alpha value is -2.37. The number of hydrogen-bond donors (Lipinski definition) is 1. The van der Waals surface area contributed by atoms with Crippen LogP contribution in [-0.4, -0.2) is 30.4 Å². The molecule has 0 saturated heterocycles. The maximum atomic E-state index is 12.6. The van der Waals surface area contributed by atoms with Crippen molar-refractivity contribution in [2.45, 2.75) is 46.1 Å². The highest BCUT2D eigenvalue weighted by Gasteiger charge is 2.29. The van der Waals surface area contributed by atoms with Crippen molar-refractivity contribution in [2.24, 2.45) is 5.92 Å². The normalized spacial score (nSPS) is 17.1. The molecule has 1 aromatic carbocycles. The van der Waals surface area contributed by atoms with Gasteiger partial charge in [0.1, 0.15) is 0 Å². The molecule has 6 heteroatoms. The molecule has 6 nitrogen and oxygen atoms in total. The second-order valence-corrected chi connectivity index (χ2v) is 6.48. The molecule has 0 radical (unpaired) electrons. The minimum absolute atomic E-state index is 0.140. The summed E-state index contributed by atoms with van der Waals surface area (Å²) in [4.78, 5) is 37.7. The van der Waals surface area contributed by atoms with Crippen molar-refractivity contribution in [3.8, 4) is 0 Å². The largest absolute Gasteiger partial charge is 0.456 e. The summed E-state index contributed by atoms with van der Waals surface area (Å²) in [5, 5.41) is 2.79. The van der Waals surface area contributed by atoms with Crippen LogP contribution < -0.4 is 10.2 Å². The molecule has 0 spiro atoms. The Labute approximate surface area is 142 Å². The van der Waals surface area contributed by atoms with E-state index < -0.39 is 0 Å². The third-order valence-electron chi connectivity index (χ3n) is 3.91. The lowest BCUT2D eigenvalue weighted by Gasteiger charge is -2.27. The minimum atomic E-state index is -0.373. The molecule has 0 bridgehead atoms. The molecule has 1 aliphatic rings. The Balaban J connectivity index is 2.07. The van der Waals surface area contributed by atoms with Crippen molar-refractivity contribution in [1.29, 1.82) is 0 Å². The van der Waals surface area contributed by atoms with Gasteiger partial charge in [0.05, 0.1) is 11.4 Å². The standard InChI is InChI=1S/C18H24N2O4/c1-12(2)8-9-18(23)24-11-17(22)20-13(3)10-16(21)19-14-6-4-5-7-15(14)20/h4-7,12-13H,8-11H2,1-3H3,(H,19,21)/t13-/m1/s1. The maximum absolute atomic E-state index is 12.6. The third-order valence-corrected chi connectivity index (χ3v) is 3.91. The fourth-order valence-corrected chi connectivity index (χ4v) is 2.66. The van der Waals surface area contributed by atoms with Gasteiger partial charge in [0.15, 0.2) is 6.61 Å². The summed E-state index contributed by atoms with van der Waals surface area (Å²) < 4.78 is 5.10. The topological polar surface area (TPSA) is 75.7 Å². The zero-order valence-corrected chi connectivity index (χ0v) is 14.4. The van der Waals surface area contributed by atoms with Gasteiger partial charge in [0, 0.05) is 18.9 Å². The van der Waals surface area contributed by atoms with E-state index in [0.29, 0.717) is 23.7 Å². The second kappa shape index (κ2) is 7.95. The summed E-state index contributed by atoms with van der Waals surface area (Å²) in [7, 11) is 0. The molecule has 2 amide bonds. The highest BCUT2D eigenvalue weighted by Crippen LogP contribution is 2.31. The van der Waals surface area contributed by atoms with Gasteiger partial charge in [-0.2, -0.15) is 0 Å². The van der Waals surface area contributed by atoms with Crippen molar-refractivity contribution in [1.82, 2.24) is 0 Å². The molecule has 24 heavy (non-hydrogen) atoms. The molecule has 0 saturated carbocycles. The van der Waals surface area contributed by atoms with Crippen molar-refractivity contribution in [2.75, 3.05) is 16.8 Å². The lowest BCUT2D eigenvalue weighted by atomic mass is 10.1. The van der Waals surface area contributed by atoms with Crippen molar-refractivity contribution in [3.63, 3.8) is 0 Å². The molecule has 1 aromatic rings. The summed E-state index contributed by atoms with van der Waals surface area (Å²) in [6.07, 6.45) is 1.23. The Morgan fingerprint density at radius 2 is 2.04 bits per heavy atom. The molecule has 1 atom stereocenters. The number of nitrogens with zero attached hydrogens (tertiary/aromatic N) is 1. The Morgan fingerprint density at radius 3 is 2.75 bits per heavy atom. The van der Waals surface area contributed by atoms with Gasteiger partial charge in [-0.1, -0.05) is 26.0 Å². The Kier molecular flexibility index (Phi) is 5.95. The molecule has 1 aliphatic heterocycles. The number of carbonyl (C=O) groups excluding carboxylic acids is 3. The molecule has 0 aromatic heterocycles. The van der Waals surface area contributed by atoms with E-state index in [-0.39, 0.29) is 36.9 Å². The van der Waals surface area contributed by atoms with Crippen molar-refractivity contribution < 1.29 is 19.1 Å². The number of nitrogens with one attached hydrogen (secondary N) is 1. The highest BCUT2D eigenvalue weighted by molar-refractivity contribution is 6.05. The number of rotatable bonds is 5. The average molecular weight is 332 g/mol. The lowest BCUT2D eigenvalue weighted by molar-refractivity contribution is -0.148. The van der Waals surface area contributed by atoms with E-state index in [1.807, 2.05) is 13.8 Å². The highest BCUT2D eigenvalue weighted by atomic mass is 16.5. The third kappa shape index (κ3) is 4.57. The number of carbonyl (C=O) groups is 3. The van der Waals surface area contributed by atoms with Crippen LogP contribution in [0.1, 0.15) is 40.0 Å². The zero-order chi connectivity index (χ0) is 17.7. The molecule has 0 aliphatic carbocycles. The van der Waals surface area contributed by atoms with Crippen molar-refractivity contribution >= 4 is 29.2 Å². The van der Waals surface area contributed by atoms with E-state index >= 15 is 0 Å². The smallest absolute Gasteiger partial charge is 0.306 e. The molecular formula is C18H24N2O4. The van der Waals surface area contributed by atoms with Crippen LogP contribution in [0.2, 0.25) is 0 Å². The van der Waals surface area contributed by atoms with Gasteiger partial charge in [-0.05, 0) is 31.4 Å². The van der Waals surface area contributed by atoms with Crippen LogP contribution in [0.4, 0.5) is 11.4 Å². The maximum Gasteiger partial charge on any atom is 0.306 e. The number of fused-ring (bicyclic) bond motifs is 1. The summed E-state index contributed by atoms with van der Waals surface area (Å²) in [6.45, 7) is 5.54. The number of esters is 1. The van der Waals surface area contributed by atoms with Crippen molar-refractivity contribution in [3.05, 3.63) is 24.3 Å². The van der Waals surface area contributed by atoms with Gasteiger partial charge in [0.25, 0.3) is 5.91 Å². The molecule has 1 heterocycles. The first-order valence-electron chi connectivity index (χ1n) is 8.25. The molecule has 0 unspecified atom stereocenters. The molecule has 130 valence electrons. The first kappa shape index (κ1) is 18.0. The van der Waals surface area contributed by atoms with Crippen LogP contribution in [0.3, 0.4) is 0 Å². The monoisotopic (exact) mass is 332 g/mol. The van der Waals surface area contributed by atoms with Gasteiger partial charge < -0.3 is 15.0 Å². The minimum Gasteiger partial charge on any atom is -0.456 e. The van der Waals surface area contributed by atoms with Gasteiger partial charge in [-0.15, -0.1) is 0 Å². The predicted octanol–water partition coefficient (Wildman–Crippen LogP) is 2.73. The molecule has 2 rings (SSSR count). The van der Waals surface area contributed by atoms with E-state index in [1.165, 1.54) is 4.90 Å². The second-order valence-electron chi connectivity index (χ2n) is 6.48. The molecule has 1 N–H and O–H groups in total. The molecular weight excluding hydrogens is 308 g/mol. The zero-order valence-electron chi connectivity index (χ0n) is 14.4. The van der Waals surface area contributed by atoms with Gasteiger partial charge >= 0.3 is 5.97 Å². The quantitative estimate of drug-likeness (QED) is 0.841. The number of anilines is 2. The van der Waals surface area contributed by atoms with Gasteiger partial charge in [-0.3, -0.25) is 14.4 Å². The first-order chi connectivity index (χ1) is 11.4. The van der Waals surface area contributed by atoms with Crippen LogP contribution in [0.15, 0.2) is 24.3 Å². The number of amides is 2. The van der Waals surface area contributed by atoms with E-state index in [2.05, 4.69) is 5.32 Å². The van der Waals surface area contributed by atoms with Gasteiger partial charge in [0.2, 0.25) is 5.91 Å². The van der Waals surface area contributed by atoms with Crippen LogP contribution in [0.5, 0.6) is 0 Å². The summed E-state index contributed by atoms with van der Waals surface area (Å²) in [5.41, 5.74) is 1.21. The number of para-hydroxylation sites is 2. The fraction of sp³-hybridized carbons (Fsp3) is 0.500. The Bertz CT molecular complexity index is 627. The van der Waals surface area contributed by atoms with E-state index in [4.69, 9.17) is 4.74 Å². The van der Waals surface area contributed by atoms with E-state index in [0.717, 1.165) is 6.42 Å². The van der Waals surface area contributed by atoms with Crippen LogP contribution >= 0.6 is 0 Å². The average Bonchev–Trinajstić information content (AvgIpc) is 2.64. The van der Waals surface area contributed by atoms with E-state index in [1.54, 1.807) is 31.2 Å². The number of ether oxygens (including phenoxy) is 1. The predicted molar refractivity (Wildman–Crippen MR) is 91.7 cm³/mol. The SMILES string of the molecule is CC(C)CCC(=O)OCC(=O)N1c2ccccc2NC(=O)C[C@H]1C.